The Bertz CT molecular complexity index is 410. The van der Waals surface area contributed by atoms with Crippen LogP contribution >= 0.6 is 15.9 Å². The number of nitrogens with zero attached hydrogens (tertiary/aromatic N) is 2. The van der Waals surface area contributed by atoms with Crippen molar-refractivity contribution in [3.8, 4) is 6.01 Å². The van der Waals surface area contributed by atoms with Crippen LogP contribution in [0.2, 0.25) is 0 Å². The standard InChI is InChI=1S/C12H15BrN2O3/c1-17-11(16)5-8-2-3-10(4-8)18-12-14-6-9(13)7-15-12/h6-8,10H,2-5H2,1H3/t8-,10-/m0/s1. The van der Waals surface area contributed by atoms with Crippen molar-refractivity contribution < 1.29 is 14.3 Å². The van der Waals surface area contributed by atoms with E-state index in [0.29, 0.717) is 18.3 Å². The van der Waals surface area contributed by atoms with Crippen LogP contribution in [0, 0.1) is 5.92 Å². The zero-order valence-corrected chi connectivity index (χ0v) is 11.7. The highest BCUT2D eigenvalue weighted by Crippen LogP contribution is 2.30. The molecule has 0 amide bonds. The van der Waals surface area contributed by atoms with E-state index >= 15 is 0 Å². The lowest BCUT2D eigenvalue weighted by atomic mass is 10.0. The molecule has 2 atom stereocenters. The SMILES string of the molecule is COC(=O)C[C@H]1CC[C@H](Oc2ncc(Br)cn2)C1. The first-order valence-electron chi connectivity index (χ1n) is 5.88. The molecule has 0 aliphatic heterocycles. The van der Waals surface area contributed by atoms with Gasteiger partial charge in [0.2, 0.25) is 0 Å². The van der Waals surface area contributed by atoms with Crippen molar-refractivity contribution in [2.24, 2.45) is 5.92 Å². The molecule has 0 radical (unpaired) electrons. The molecule has 1 aromatic rings. The van der Waals surface area contributed by atoms with Crippen molar-refractivity contribution in [2.75, 3.05) is 7.11 Å². The number of ether oxygens (including phenoxy) is 2. The minimum absolute atomic E-state index is 0.0980. The Kier molecular flexibility index (Phi) is 4.52. The summed E-state index contributed by atoms with van der Waals surface area (Å²) in [6, 6.07) is 0.391. The molecule has 18 heavy (non-hydrogen) atoms. The monoisotopic (exact) mass is 314 g/mol. The van der Waals surface area contributed by atoms with E-state index in [1.165, 1.54) is 7.11 Å². The topological polar surface area (TPSA) is 61.3 Å². The Morgan fingerprint density at radius 2 is 2.17 bits per heavy atom. The van der Waals surface area contributed by atoms with E-state index in [2.05, 4.69) is 30.6 Å². The fourth-order valence-electron chi connectivity index (χ4n) is 2.15. The van der Waals surface area contributed by atoms with Crippen LogP contribution in [-0.4, -0.2) is 29.2 Å². The van der Waals surface area contributed by atoms with Gasteiger partial charge in [-0.25, -0.2) is 9.97 Å². The first-order valence-corrected chi connectivity index (χ1v) is 6.67. The van der Waals surface area contributed by atoms with Gasteiger partial charge in [0.1, 0.15) is 6.10 Å². The van der Waals surface area contributed by atoms with Crippen LogP contribution in [0.3, 0.4) is 0 Å². The largest absolute Gasteiger partial charge is 0.469 e. The van der Waals surface area contributed by atoms with E-state index in [9.17, 15) is 4.79 Å². The Morgan fingerprint density at radius 3 is 2.83 bits per heavy atom. The quantitative estimate of drug-likeness (QED) is 0.798. The van der Waals surface area contributed by atoms with Crippen molar-refractivity contribution in [1.29, 1.82) is 0 Å². The van der Waals surface area contributed by atoms with Gasteiger partial charge in [0.15, 0.2) is 0 Å². The summed E-state index contributed by atoms with van der Waals surface area (Å²) < 4.78 is 11.2. The second-order valence-corrected chi connectivity index (χ2v) is 5.30. The molecule has 1 aliphatic carbocycles. The van der Waals surface area contributed by atoms with E-state index in [-0.39, 0.29) is 12.1 Å². The predicted molar refractivity (Wildman–Crippen MR) is 68.1 cm³/mol. The maximum absolute atomic E-state index is 11.2. The lowest BCUT2D eigenvalue weighted by molar-refractivity contribution is -0.141. The van der Waals surface area contributed by atoms with Gasteiger partial charge < -0.3 is 9.47 Å². The van der Waals surface area contributed by atoms with Crippen molar-refractivity contribution in [3.63, 3.8) is 0 Å². The molecule has 1 aliphatic rings. The fourth-order valence-corrected chi connectivity index (χ4v) is 2.36. The number of hydrogen-bond acceptors (Lipinski definition) is 5. The normalized spacial score (nSPS) is 22.8. The van der Waals surface area contributed by atoms with Crippen molar-refractivity contribution in [1.82, 2.24) is 9.97 Å². The molecule has 0 spiro atoms. The molecule has 0 N–H and O–H groups in total. The minimum atomic E-state index is -0.152. The number of esters is 1. The van der Waals surface area contributed by atoms with E-state index in [1.807, 2.05) is 0 Å². The number of rotatable bonds is 4. The molecule has 2 rings (SSSR count). The summed E-state index contributed by atoms with van der Waals surface area (Å²) in [4.78, 5) is 19.3. The van der Waals surface area contributed by atoms with Crippen molar-refractivity contribution >= 4 is 21.9 Å². The van der Waals surface area contributed by atoms with Gasteiger partial charge >= 0.3 is 12.0 Å². The average Bonchev–Trinajstić information content (AvgIpc) is 2.79. The lowest BCUT2D eigenvalue weighted by Gasteiger charge is -2.11. The molecule has 1 fully saturated rings. The number of carbonyl (C=O) groups excluding carboxylic acids is 1. The van der Waals surface area contributed by atoms with Gasteiger partial charge in [-0.1, -0.05) is 0 Å². The van der Waals surface area contributed by atoms with Gasteiger partial charge in [-0.05, 0) is 41.1 Å². The van der Waals surface area contributed by atoms with Gasteiger partial charge in [0.05, 0.1) is 11.6 Å². The van der Waals surface area contributed by atoms with Gasteiger partial charge in [-0.3, -0.25) is 4.79 Å². The maximum Gasteiger partial charge on any atom is 0.316 e. The highest BCUT2D eigenvalue weighted by Gasteiger charge is 2.28. The second kappa shape index (κ2) is 6.13. The van der Waals surface area contributed by atoms with Crippen LogP contribution in [0.5, 0.6) is 6.01 Å². The van der Waals surface area contributed by atoms with Crippen LogP contribution in [-0.2, 0) is 9.53 Å². The molecule has 6 heteroatoms. The molecule has 1 saturated carbocycles. The van der Waals surface area contributed by atoms with Gasteiger partial charge in [-0.2, -0.15) is 0 Å². The summed E-state index contributed by atoms with van der Waals surface area (Å²) in [6.45, 7) is 0. The summed E-state index contributed by atoms with van der Waals surface area (Å²) in [7, 11) is 1.42. The lowest BCUT2D eigenvalue weighted by Crippen LogP contribution is -2.15. The molecule has 98 valence electrons. The second-order valence-electron chi connectivity index (χ2n) is 4.38. The average molecular weight is 315 g/mol. The zero-order chi connectivity index (χ0) is 13.0. The van der Waals surface area contributed by atoms with E-state index in [4.69, 9.17) is 4.74 Å². The number of halogens is 1. The summed E-state index contributed by atoms with van der Waals surface area (Å²) in [5.74, 6) is 0.193. The first kappa shape index (κ1) is 13.3. The predicted octanol–water partition coefficient (Wildman–Crippen LogP) is 2.35. The summed E-state index contributed by atoms with van der Waals surface area (Å²) in [5, 5.41) is 0. The van der Waals surface area contributed by atoms with E-state index in [0.717, 1.165) is 23.7 Å². The highest BCUT2D eigenvalue weighted by molar-refractivity contribution is 9.10. The third-order valence-electron chi connectivity index (χ3n) is 3.04. The van der Waals surface area contributed by atoms with E-state index < -0.39 is 0 Å². The number of methoxy groups -OCH3 is 1. The van der Waals surface area contributed by atoms with Crippen molar-refractivity contribution in [3.05, 3.63) is 16.9 Å². The van der Waals surface area contributed by atoms with Gasteiger partial charge in [0, 0.05) is 18.8 Å². The Balaban J connectivity index is 1.82. The summed E-state index contributed by atoms with van der Waals surface area (Å²) in [6.07, 6.45) is 6.65. The van der Waals surface area contributed by atoms with Crippen LogP contribution < -0.4 is 4.74 Å². The third-order valence-corrected chi connectivity index (χ3v) is 3.45. The number of carbonyl (C=O) groups is 1. The summed E-state index contributed by atoms with van der Waals surface area (Å²) >= 11 is 3.27. The Labute approximate surface area is 114 Å². The molecule has 0 aromatic carbocycles. The van der Waals surface area contributed by atoms with Gasteiger partial charge in [-0.15, -0.1) is 0 Å². The van der Waals surface area contributed by atoms with Crippen molar-refractivity contribution in [2.45, 2.75) is 31.8 Å². The van der Waals surface area contributed by atoms with Crippen LogP contribution in [0.4, 0.5) is 0 Å². The van der Waals surface area contributed by atoms with Gasteiger partial charge in [0.25, 0.3) is 0 Å². The molecule has 5 nitrogen and oxygen atoms in total. The highest BCUT2D eigenvalue weighted by atomic mass is 79.9. The number of aromatic nitrogens is 2. The first-order chi connectivity index (χ1) is 8.67. The zero-order valence-electron chi connectivity index (χ0n) is 10.1. The minimum Gasteiger partial charge on any atom is -0.469 e. The third kappa shape index (κ3) is 3.66. The molecular formula is C12H15BrN2O3. The maximum atomic E-state index is 11.2. The molecular weight excluding hydrogens is 300 g/mol. The molecule has 0 saturated heterocycles. The Morgan fingerprint density at radius 1 is 1.44 bits per heavy atom. The van der Waals surface area contributed by atoms with Crippen LogP contribution in [0.25, 0.3) is 0 Å². The van der Waals surface area contributed by atoms with Crippen LogP contribution in [0.15, 0.2) is 16.9 Å². The number of hydrogen-bond donors (Lipinski definition) is 0. The molecule has 1 aromatic heterocycles. The van der Waals surface area contributed by atoms with E-state index in [1.54, 1.807) is 12.4 Å². The Hall–Kier alpha value is -1.17. The molecule has 0 unspecified atom stereocenters. The molecule has 1 heterocycles. The molecule has 0 bridgehead atoms. The fraction of sp³-hybridized carbons (Fsp3) is 0.583. The smallest absolute Gasteiger partial charge is 0.316 e. The van der Waals surface area contributed by atoms with Crippen LogP contribution in [0.1, 0.15) is 25.7 Å². The summed E-state index contributed by atoms with van der Waals surface area (Å²) in [5.41, 5.74) is 0.